The van der Waals surface area contributed by atoms with Crippen LogP contribution in [0.1, 0.15) is 30.7 Å². The van der Waals surface area contributed by atoms with Crippen LogP contribution in [0.5, 0.6) is 0 Å². The second kappa shape index (κ2) is 4.85. The van der Waals surface area contributed by atoms with Crippen molar-refractivity contribution in [3.05, 3.63) is 35.9 Å². The SMILES string of the molecule is COB(C)C1CCCC1c1ccccc1. The lowest BCUT2D eigenvalue weighted by Crippen LogP contribution is -2.21. The minimum atomic E-state index is 0.387. The topological polar surface area (TPSA) is 9.23 Å². The predicted octanol–water partition coefficient (Wildman–Crippen LogP) is 3.59. The van der Waals surface area contributed by atoms with Crippen LogP contribution in [-0.4, -0.2) is 14.0 Å². The largest absolute Gasteiger partial charge is 0.438 e. The minimum Gasteiger partial charge on any atom is -0.438 e. The molecule has 1 aliphatic carbocycles. The Bertz CT molecular complexity index is 299. The molecule has 1 aromatic rings. The van der Waals surface area contributed by atoms with Gasteiger partial charge in [-0.2, -0.15) is 0 Å². The second-order valence-corrected chi connectivity index (χ2v) is 4.55. The van der Waals surface area contributed by atoms with Gasteiger partial charge in [-0.15, -0.1) is 0 Å². The van der Waals surface area contributed by atoms with Crippen LogP contribution in [0.4, 0.5) is 0 Å². The lowest BCUT2D eigenvalue weighted by Gasteiger charge is -2.22. The molecule has 0 saturated heterocycles. The monoisotopic (exact) mass is 202 g/mol. The van der Waals surface area contributed by atoms with Crippen LogP contribution in [0, 0.1) is 0 Å². The van der Waals surface area contributed by atoms with Gasteiger partial charge < -0.3 is 4.65 Å². The number of hydrogen-bond donors (Lipinski definition) is 0. The van der Waals surface area contributed by atoms with Gasteiger partial charge in [0.15, 0.2) is 0 Å². The first-order valence-electron chi connectivity index (χ1n) is 5.90. The maximum absolute atomic E-state index is 5.49. The molecule has 0 aliphatic heterocycles. The maximum Gasteiger partial charge on any atom is 0.293 e. The van der Waals surface area contributed by atoms with Crippen molar-refractivity contribution in [2.45, 2.75) is 37.8 Å². The molecule has 0 radical (unpaired) electrons. The molecule has 2 unspecified atom stereocenters. The number of benzene rings is 1. The average Bonchev–Trinajstić information content (AvgIpc) is 2.78. The van der Waals surface area contributed by atoms with Crippen molar-refractivity contribution in [1.82, 2.24) is 0 Å². The molecule has 0 spiro atoms. The minimum absolute atomic E-state index is 0.387. The molecule has 1 aromatic carbocycles. The molecule has 2 heteroatoms. The average molecular weight is 202 g/mol. The third-order valence-electron chi connectivity index (χ3n) is 3.77. The summed E-state index contributed by atoms with van der Waals surface area (Å²) in [5, 5.41) is 0. The van der Waals surface area contributed by atoms with Crippen LogP contribution >= 0.6 is 0 Å². The molecule has 1 saturated carbocycles. The van der Waals surface area contributed by atoms with Crippen molar-refractivity contribution in [3.63, 3.8) is 0 Å². The van der Waals surface area contributed by atoms with E-state index in [0.29, 0.717) is 18.7 Å². The fraction of sp³-hybridized carbons (Fsp3) is 0.538. The van der Waals surface area contributed by atoms with Crippen LogP contribution in [-0.2, 0) is 4.65 Å². The highest BCUT2D eigenvalue weighted by atomic mass is 16.4. The highest BCUT2D eigenvalue weighted by molar-refractivity contribution is 6.52. The highest BCUT2D eigenvalue weighted by Crippen LogP contribution is 2.45. The fourth-order valence-electron chi connectivity index (χ4n) is 2.84. The smallest absolute Gasteiger partial charge is 0.293 e. The van der Waals surface area contributed by atoms with Crippen molar-refractivity contribution < 1.29 is 4.65 Å². The van der Waals surface area contributed by atoms with E-state index >= 15 is 0 Å². The van der Waals surface area contributed by atoms with E-state index < -0.39 is 0 Å². The third kappa shape index (κ3) is 2.26. The zero-order chi connectivity index (χ0) is 10.7. The summed E-state index contributed by atoms with van der Waals surface area (Å²) >= 11 is 0. The molecule has 2 rings (SSSR count). The van der Waals surface area contributed by atoms with Crippen LogP contribution in [0.2, 0.25) is 12.6 Å². The molecule has 80 valence electrons. The Morgan fingerprint density at radius 2 is 1.93 bits per heavy atom. The summed E-state index contributed by atoms with van der Waals surface area (Å²) in [4.78, 5) is 0. The lowest BCUT2D eigenvalue weighted by molar-refractivity contribution is 0.406. The normalized spacial score (nSPS) is 25.5. The molecular weight excluding hydrogens is 183 g/mol. The summed E-state index contributed by atoms with van der Waals surface area (Å²) in [6, 6.07) is 10.9. The first-order valence-corrected chi connectivity index (χ1v) is 5.90. The van der Waals surface area contributed by atoms with E-state index in [1.807, 2.05) is 7.11 Å². The summed E-state index contributed by atoms with van der Waals surface area (Å²) in [5.74, 6) is 1.42. The van der Waals surface area contributed by atoms with Gasteiger partial charge in [0, 0.05) is 7.11 Å². The van der Waals surface area contributed by atoms with E-state index in [0.717, 1.165) is 0 Å². The molecule has 1 fully saturated rings. The fourth-order valence-corrected chi connectivity index (χ4v) is 2.84. The molecule has 0 aromatic heterocycles. The first-order chi connectivity index (χ1) is 7.33. The molecule has 0 N–H and O–H groups in total. The van der Waals surface area contributed by atoms with E-state index in [9.17, 15) is 0 Å². The van der Waals surface area contributed by atoms with Gasteiger partial charge in [0.05, 0.1) is 0 Å². The van der Waals surface area contributed by atoms with Gasteiger partial charge in [-0.3, -0.25) is 0 Å². The summed E-state index contributed by atoms with van der Waals surface area (Å²) < 4.78 is 5.49. The molecule has 0 bridgehead atoms. The first kappa shape index (κ1) is 10.8. The predicted molar refractivity (Wildman–Crippen MR) is 65.4 cm³/mol. The van der Waals surface area contributed by atoms with E-state index in [4.69, 9.17) is 4.65 Å². The Morgan fingerprint density at radius 1 is 1.20 bits per heavy atom. The standard InChI is InChI=1S/C13H19BO/c1-14(15-2)13-10-6-9-12(13)11-7-4-3-5-8-11/h3-5,7-8,12-13H,6,9-10H2,1-2H3. The Kier molecular flexibility index (Phi) is 3.47. The molecule has 0 heterocycles. The Balaban J connectivity index is 2.15. The van der Waals surface area contributed by atoms with Crippen LogP contribution in [0.25, 0.3) is 0 Å². The summed E-state index contributed by atoms with van der Waals surface area (Å²) in [7, 11) is 1.82. The Morgan fingerprint density at radius 3 is 2.60 bits per heavy atom. The van der Waals surface area contributed by atoms with Crippen LogP contribution < -0.4 is 0 Å². The van der Waals surface area contributed by atoms with Crippen molar-refractivity contribution in [3.8, 4) is 0 Å². The van der Waals surface area contributed by atoms with Crippen LogP contribution in [0.3, 0.4) is 0 Å². The second-order valence-electron chi connectivity index (χ2n) is 4.55. The molecule has 15 heavy (non-hydrogen) atoms. The highest BCUT2D eigenvalue weighted by Gasteiger charge is 2.34. The van der Waals surface area contributed by atoms with E-state index in [1.54, 1.807) is 0 Å². The maximum atomic E-state index is 5.49. The Labute approximate surface area is 93.0 Å². The zero-order valence-corrected chi connectivity index (χ0v) is 9.65. The van der Waals surface area contributed by atoms with Gasteiger partial charge >= 0.3 is 0 Å². The molecule has 1 aliphatic rings. The van der Waals surface area contributed by atoms with Gasteiger partial charge in [0.2, 0.25) is 0 Å². The zero-order valence-electron chi connectivity index (χ0n) is 9.65. The number of rotatable bonds is 3. The van der Waals surface area contributed by atoms with Crippen molar-refractivity contribution >= 4 is 6.92 Å². The van der Waals surface area contributed by atoms with Gasteiger partial charge in [-0.05, 0) is 23.7 Å². The van der Waals surface area contributed by atoms with Crippen molar-refractivity contribution in [2.24, 2.45) is 0 Å². The lowest BCUT2D eigenvalue weighted by atomic mass is 9.53. The van der Waals surface area contributed by atoms with Crippen LogP contribution in [0.15, 0.2) is 30.3 Å². The van der Waals surface area contributed by atoms with E-state index in [1.165, 1.54) is 24.8 Å². The molecule has 2 atom stereocenters. The summed E-state index contributed by atoms with van der Waals surface area (Å²) in [6.45, 7) is 2.59. The summed E-state index contributed by atoms with van der Waals surface area (Å²) in [6.07, 6.45) is 3.98. The van der Waals surface area contributed by atoms with Gasteiger partial charge in [-0.1, -0.05) is 50.0 Å². The third-order valence-corrected chi connectivity index (χ3v) is 3.77. The summed E-state index contributed by atoms with van der Waals surface area (Å²) in [5.41, 5.74) is 1.49. The van der Waals surface area contributed by atoms with Gasteiger partial charge in [0.25, 0.3) is 6.92 Å². The Hall–Kier alpha value is -0.755. The van der Waals surface area contributed by atoms with E-state index in [-0.39, 0.29) is 0 Å². The van der Waals surface area contributed by atoms with Gasteiger partial charge in [0.1, 0.15) is 0 Å². The van der Waals surface area contributed by atoms with Gasteiger partial charge in [-0.25, -0.2) is 0 Å². The molecule has 1 nitrogen and oxygen atoms in total. The van der Waals surface area contributed by atoms with Crippen molar-refractivity contribution in [1.29, 1.82) is 0 Å². The quantitative estimate of drug-likeness (QED) is 0.680. The van der Waals surface area contributed by atoms with Crippen molar-refractivity contribution in [2.75, 3.05) is 7.11 Å². The van der Waals surface area contributed by atoms with E-state index in [2.05, 4.69) is 37.2 Å². The molecular formula is C13H19BO. The molecule has 0 amide bonds. The number of hydrogen-bond acceptors (Lipinski definition) is 1.